The zero-order valence-electron chi connectivity index (χ0n) is 13.4. The maximum Gasteiger partial charge on any atom is 0.270 e. The molecule has 124 valence electrons. The van der Waals surface area contributed by atoms with Crippen LogP contribution in [0.25, 0.3) is 0 Å². The molecule has 1 saturated heterocycles. The van der Waals surface area contributed by atoms with Crippen molar-refractivity contribution in [3.05, 3.63) is 46.4 Å². The first kappa shape index (κ1) is 16.2. The predicted molar refractivity (Wildman–Crippen MR) is 91.9 cm³/mol. The van der Waals surface area contributed by atoms with Crippen molar-refractivity contribution in [2.24, 2.45) is 0 Å². The summed E-state index contributed by atoms with van der Waals surface area (Å²) < 4.78 is 2.02. The maximum absolute atomic E-state index is 12.8. The second kappa shape index (κ2) is 7.29. The quantitative estimate of drug-likeness (QED) is 0.907. The van der Waals surface area contributed by atoms with Crippen molar-refractivity contribution < 1.29 is 9.90 Å². The number of amides is 1. The minimum Gasteiger partial charge on any atom is -0.392 e. The molecule has 0 aliphatic carbocycles. The lowest BCUT2D eigenvalue weighted by molar-refractivity contribution is 0.0545. The molecule has 1 fully saturated rings. The number of carbonyl (C=O) groups is 1. The summed E-state index contributed by atoms with van der Waals surface area (Å²) in [6.07, 6.45) is 1.65. The van der Waals surface area contributed by atoms with Gasteiger partial charge < -0.3 is 14.6 Å². The molecule has 23 heavy (non-hydrogen) atoms. The van der Waals surface area contributed by atoms with Gasteiger partial charge in [-0.05, 0) is 30.5 Å². The molecular weight excluding hydrogens is 310 g/mol. The number of rotatable bonds is 5. The van der Waals surface area contributed by atoms with Crippen LogP contribution in [0.15, 0.2) is 35.8 Å². The summed E-state index contributed by atoms with van der Waals surface area (Å²) in [6, 6.07) is 7.96. The van der Waals surface area contributed by atoms with Crippen LogP contribution in [0.3, 0.4) is 0 Å². The van der Waals surface area contributed by atoms with Crippen molar-refractivity contribution >= 4 is 17.2 Å². The van der Waals surface area contributed by atoms with Gasteiger partial charge in [0.05, 0.1) is 12.6 Å². The fourth-order valence-corrected chi connectivity index (χ4v) is 3.69. The molecule has 0 saturated carbocycles. The number of hydrogen-bond donors (Lipinski definition) is 1. The molecular formula is C17H23N3O2S. The number of β-amino-alcohol motifs (C(OH)–C–C–N with tert-alkyl or cyclic N) is 1. The smallest absolute Gasteiger partial charge is 0.270 e. The molecule has 1 amide bonds. The Bertz CT molecular complexity index is 628. The first-order valence-corrected chi connectivity index (χ1v) is 8.88. The van der Waals surface area contributed by atoms with Crippen molar-refractivity contribution in [2.45, 2.75) is 19.6 Å². The Labute approximate surface area is 140 Å². The van der Waals surface area contributed by atoms with E-state index in [1.54, 1.807) is 18.3 Å². The predicted octanol–water partition coefficient (Wildman–Crippen LogP) is 1.74. The summed E-state index contributed by atoms with van der Waals surface area (Å²) in [4.78, 5) is 18.1. The summed E-state index contributed by atoms with van der Waals surface area (Å²) in [6.45, 7) is 6.30. The molecule has 0 spiro atoms. The molecule has 5 nitrogen and oxygen atoms in total. The molecule has 1 aliphatic rings. The molecule has 1 aliphatic heterocycles. The van der Waals surface area contributed by atoms with Crippen LogP contribution < -0.4 is 0 Å². The van der Waals surface area contributed by atoms with E-state index in [1.807, 2.05) is 33.9 Å². The number of nitrogens with zero attached hydrogens (tertiary/aromatic N) is 3. The van der Waals surface area contributed by atoms with Crippen molar-refractivity contribution in [1.29, 1.82) is 0 Å². The van der Waals surface area contributed by atoms with Gasteiger partial charge in [-0.2, -0.15) is 0 Å². The normalized spacial score (nSPS) is 17.4. The summed E-state index contributed by atoms with van der Waals surface area (Å²) in [5, 5.41) is 11.5. The number of aliphatic hydroxyl groups is 1. The van der Waals surface area contributed by atoms with Gasteiger partial charge in [0.15, 0.2) is 0 Å². The molecule has 1 atom stereocenters. The third-order valence-corrected chi connectivity index (χ3v) is 5.00. The molecule has 1 N–H and O–H groups in total. The molecule has 0 bridgehead atoms. The molecule has 3 heterocycles. The molecule has 3 rings (SSSR count). The van der Waals surface area contributed by atoms with E-state index in [0.717, 1.165) is 38.4 Å². The van der Waals surface area contributed by atoms with E-state index in [1.165, 1.54) is 4.88 Å². The number of aromatic nitrogens is 1. The summed E-state index contributed by atoms with van der Waals surface area (Å²) in [5.74, 6) is 0.100. The number of aliphatic hydroxyl groups excluding tert-OH is 1. The average molecular weight is 333 g/mol. The topological polar surface area (TPSA) is 48.7 Å². The third-order valence-electron chi connectivity index (χ3n) is 4.14. The van der Waals surface area contributed by atoms with Gasteiger partial charge in [-0.3, -0.25) is 9.69 Å². The highest BCUT2D eigenvalue weighted by Gasteiger charge is 2.24. The Balaban J connectivity index is 1.62. The van der Waals surface area contributed by atoms with Crippen molar-refractivity contribution in [3.63, 3.8) is 0 Å². The van der Waals surface area contributed by atoms with Crippen molar-refractivity contribution in [3.8, 4) is 0 Å². The maximum atomic E-state index is 12.8. The first-order valence-electron chi connectivity index (χ1n) is 8.00. The number of piperazine rings is 1. The largest absolute Gasteiger partial charge is 0.392 e. The van der Waals surface area contributed by atoms with Crippen LogP contribution in [0, 0.1) is 0 Å². The number of hydrogen-bond acceptors (Lipinski definition) is 4. The van der Waals surface area contributed by atoms with Gasteiger partial charge in [0.2, 0.25) is 0 Å². The van der Waals surface area contributed by atoms with Gasteiger partial charge in [0.1, 0.15) is 5.69 Å². The second-order valence-corrected chi connectivity index (χ2v) is 7.07. The molecule has 2 aromatic heterocycles. The summed E-state index contributed by atoms with van der Waals surface area (Å²) in [7, 11) is 0. The van der Waals surface area contributed by atoms with E-state index >= 15 is 0 Å². The van der Waals surface area contributed by atoms with Gasteiger partial charge in [0, 0.05) is 43.8 Å². The van der Waals surface area contributed by atoms with E-state index < -0.39 is 0 Å². The first-order chi connectivity index (χ1) is 11.1. The Morgan fingerprint density at radius 1 is 1.26 bits per heavy atom. The lowest BCUT2D eigenvalue weighted by Crippen LogP contribution is -2.50. The number of carbonyl (C=O) groups excluding carboxylic acids is 1. The second-order valence-electron chi connectivity index (χ2n) is 6.04. The van der Waals surface area contributed by atoms with Gasteiger partial charge in [-0.15, -0.1) is 11.3 Å². The van der Waals surface area contributed by atoms with Crippen LogP contribution in [0.4, 0.5) is 0 Å². The Morgan fingerprint density at radius 2 is 2.04 bits per heavy atom. The minimum absolute atomic E-state index is 0.100. The SMILES string of the molecule is C[C@@H](O)CN1CCN(C(=O)c2cccn2Cc2cccs2)CC1. The van der Waals surface area contributed by atoms with E-state index in [2.05, 4.69) is 16.3 Å². The fourth-order valence-electron chi connectivity index (χ4n) is 2.99. The molecule has 2 aromatic rings. The van der Waals surface area contributed by atoms with Crippen LogP contribution >= 0.6 is 11.3 Å². The molecule has 0 radical (unpaired) electrons. The highest BCUT2D eigenvalue weighted by atomic mass is 32.1. The Kier molecular flexibility index (Phi) is 5.15. The van der Waals surface area contributed by atoms with E-state index in [4.69, 9.17) is 0 Å². The van der Waals surface area contributed by atoms with Gasteiger partial charge in [-0.25, -0.2) is 0 Å². The van der Waals surface area contributed by atoms with Crippen molar-refractivity contribution in [2.75, 3.05) is 32.7 Å². The van der Waals surface area contributed by atoms with Crippen LogP contribution in [0.2, 0.25) is 0 Å². The van der Waals surface area contributed by atoms with E-state index in [9.17, 15) is 9.90 Å². The van der Waals surface area contributed by atoms with Gasteiger partial charge in [-0.1, -0.05) is 6.07 Å². The van der Waals surface area contributed by atoms with Crippen molar-refractivity contribution in [1.82, 2.24) is 14.4 Å². The zero-order chi connectivity index (χ0) is 16.2. The van der Waals surface area contributed by atoms with Crippen LogP contribution in [0.5, 0.6) is 0 Å². The standard InChI is InChI=1S/C17H23N3O2S/c1-14(21)12-18-7-9-19(10-8-18)17(22)16-5-2-6-20(16)13-15-4-3-11-23-15/h2-6,11,14,21H,7-10,12-13H2,1H3/t14-/m1/s1. The van der Waals surface area contributed by atoms with Crippen LogP contribution in [0.1, 0.15) is 22.3 Å². The van der Waals surface area contributed by atoms with E-state index in [-0.39, 0.29) is 12.0 Å². The summed E-state index contributed by atoms with van der Waals surface area (Å²) >= 11 is 1.71. The van der Waals surface area contributed by atoms with Crippen LogP contribution in [-0.2, 0) is 6.54 Å². The Morgan fingerprint density at radius 3 is 2.70 bits per heavy atom. The average Bonchev–Trinajstić information content (AvgIpc) is 3.19. The lowest BCUT2D eigenvalue weighted by atomic mass is 10.2. The van der Waals surface area contributed by atoms with Gasteiger partial charge >= 0.3 is 0 Å². The monoisotopic (exact) mass is 333 g/mol. The number of thiophene rings is 1. The highest BCUT2D eigenvalue weighted by molar-refractivity contribution is 7.09. The molecule has 0 aromatic carbocycles. The lowest BCUT2D eigenvalue weighted by Gasteiger charge is -2.35. The van der Waals surface area contributed by atoms with Gasteiger partial charge in [0.25, 0.3) is 5.91 Å². The van der Waals surface area contributed by atoms with E-state index in [0.29, 0.717) is 6.54 Å². The fraction of sp³-hybridized carbons (Fsp3) is 0.471. The Hall–Kier alpha value is -1.63. The minimum atomic E-state index is -0.319. The molecule has 0 unspecified atom stereocenters. The molecule has 6 heteroatoms. The zero-order valence-corrected chi connectivity index (χ0v) is 14.2. The highest BCUT2D eigenvalue weighted by Crippen LogP contribution is 2.15. The third kappa shape index (κ3) is 4.02. The van der Waals surface area contributed by atoms with Crippen LogP contribution in [-0.4, -0.2) is 64.2 Å². The summed E-state index contributed by atoms with van der Waals surface area (Å²) in [5.41, 5.74) is 0.752.